The fourth-order valence-electron chi connectivity index (χ4n) is 4.11. The van der Waals surface area contributed by atoms with Gasteiger partial charge < -0.3 is 19.3 Å². The molecular formula is C20H29FN4O3S. The zero-order chi connectivity index (χ0) is 20.8. The van der Waals surface area contributed by atoms with E-state index >= 15 is 0 Å². The summed E-state index contributed by atoms with van der Waals surface area (Å²) in [5.74, 6) is 0.0228. The minimum absolute atomic E-state index is 0.0228. The summed E-state index contributed by atoms with van der Waals surface area (Å²) < 4.78 is 23.5. The van der Waals surface area contributed by atoms with Crippen molar-refractivity contribution >= 4 is 35.0 Å². The molecule has 3 heterocycles. The number of hydrogen-bond acceptors (Lipinski definition) is 6. The van der Waals surface area contributed by atoms with Gasteiger partial charge in [0.05, 0.1) is 17.9 Å². The Morgan fingerprint density at radius 2 is 1.97 bits per heavy atom. The highest BCUT2D eigenvalue weighted by atomic mass is 32.2. The van der Waals surface area contributed by atoms with Crippen LogP contribution in [0.2, 0.25) is 0 Å². The second kappa shape index (κ2) is 10.3. The van der Waals surface area contributed by atoms with Gasteiger partial charge in [0.2, 0.25) is 0 Å². The standard InChI is InChI=1S/C17H21FN4OS.C3H8O2/c1-2-20-11-21(12-6-4-3-5-7-12)15-13-8-9-22(24-18)16(13)19-10-14(15)17(20)23;1-4-3-5-2/h8-10,12H,2-7,11H2,1H3;3H2,1-2H3. The Kier molecular flexibility index (Phi) is 7.74. The molecule has 7 nitrogen and oxygen atoms in total. The molecule has 0 aromatic carbocycles. The highest BCUT2D eigenvalue weighted by molar-refractivity contribution is 7.92. The van der Waals surface area contributed by atoms with Crippen LogP contribution in [0.1, 0.15) is 49.4 Å². The number of anilines is 1. The van der Waals surface area contributed by atoms with E-state index in [2.05, 4.69) is 19.4 Å². The van der Waals surface area contributed by atoms with Crippen molar-refractivity contribution in [3.8, 4) is 0 Å². The smallest absolute Gasteiger partial charge is 0.258 e. The van der Waals surface area contributed by atoms with Crippen LogP contribution in [0, 0.1) is 0 Å². The van der Waals surface area contributed by atoms with Gasteiger partial charge in [0.15, 0.2) is 18.0 Å². The third-order valence-electron chi connectivity index (χ3n) is 5.49. The van der Waals surface area contributed by atoms with Crippen molar-refractivity contribution in [3.05, 3.63) is 24.0 Å². The SMILES string of the molecule is CCN1CN(C2CCCCC2)c2c(cnc3c2ccn3SF)C1=O.COCOC. The van der Waals surface area contributed by atoms with Crippen LogP contribution in [0.5, 0.6) is 0 Å². The molecule has 9 heteroatoms. The van der Waals surface area contributed by atoms with Gasteiger partial charge in [-0.3, -0.25) is 4.79 Å². The maximum absolute atomic E-state index is 13.1. The summed E-state index contributed by atoms with van der Waals surface area (Å²) >= 11 is 0.139. The second-order valence-electron chi connectivity index (χ2n) is 7.23. The molecule has 1 amide bonds. The minimum Gasteiger partial charge on any atom is -0.359 e. The number of nitrogens with zero attached hydrogens (tertiary/aromatic N) is 4. The summed E-state index contributed by atoms with van der Waals surface area (Å²) in [5, 5.41) is 0.868. The van der Waals surface area contributed by atoms with E-state index in [9.17, 15) is 8.68 Å². The molecule has 1 aliphatic carbocycles. The molecule has 1 fully saturated rings. The van der Waals surface area contributed by atoms with E-state index in [1.165, 1.54) is 23.2 Å². The van der Waals surface area contributed by atoms with Gasteiger partial charge in [-0.2, -0.15) is 0 Å². The molecule has 1 saturated carbocycles. The van der Waals surface area contributed by atoms with Gasteiger partial charge in [0.1, 0.15) is 6.79 Å². The molecule has 2 aromatic heterocycles. The molecule has 0 bridgehead atoms. The van der Waals surface area contributed by atoms with Crippen LogP contribution in [-0.2, 0) is 9.47 Å². The predicted molar refractivity (Wildman–Crippen MR) is 114 cm³/mol. The van der Waals surface area contributed by atoms with Crippen molar-refractivity contribution in [1.82, 2.24) is 13.9 Å². The number of rotatable bonds is 5. The fourth-order valence-corrected chi connectivity index (χ4v) is 4.43. The van der Waals surface area contributed by atoms with Gasteiger partial charge >= 0.3 is 0 Å². The van der Waals surface area contributed by atoms with Crippen LogP contribution in [0.15, 0.2) is 18.5 Å². The van der Waals surface area contributed by atoms with E-state index in [0.717, 1.165) is 23.9 Å². The van der Waals surface area contributed by atoms with Gasteiger partial charge in [-0.05, 0) is 25.8 Å². The van der Waals surface area contributed by atoms with Crippen LogP contribution in [0.3, 0.4) is 0 Å². The summed E-state index contributed by atoms with van der Waals surface area (Å²) in [7, 11) is 3.17. The van der Waals surface area contributed by atoms with Crippen LogP contribution in [-0.4, -0.2) is 60.0 Å². The highest BCUT2D eigenvalue weighted by Gasteiger charge is 2.35. The topological polar surface area (TPSA) is 59.8 Å². The molecule has 0 saturated heterocycles. The number of carbonyl (C=O) groups is 1. The third-order valence-corrected chi connectivity index (χ3v) is 5.93. The molecule has 2 aliphatic rings. The van der Waals surface area contributed by atoms with Crippen molar-refractivity contribution in [2.45, 2.75) is 45.1 Å². The lowest BCUT2D eigenvalue weighted by Gasteiger charge is -2.43. The number of amides is 1. The van der Waals surface area contributed by atoms with E-state index in [-0.39, 0.29) is 18.2 Å². The first-order valence-corrected chi connectivity index (χ1v) is 10.7. The molecule has 0 radical (unpaired) electrons. The number of ether oxygens (including phenoxy) is 2. The largest absolute Gasteiger partial charge is 0.359 e. The lowest BCUT2D eigenvalue weighted by atomic mass is 9.92. The maximum atomic E-state index is 13.1. The Balaban J connectivity index is 0.000000431. The summed E-state index contributed by atoms with van der Waals surface area (Å²) in [4.78, 5) is 21.3. The lowest BCUT2D eigenvalue weighted by Crippen LogP contribution is -2.51. The molecular weight excluding hydrogens is 395 g/mol. The second-order valence-corrected chi connectivity index (χ2v) is 7.76. The van der Waals surface area contributed by atoms with E-state index in [4.69, 9.17) is 0 Å². The van der Waals surface area contributed by atoms with E-state index in [0.29, 0.717) is 37.3 Å². The first-order chi connectivity index (χ1) is 14.2. The Morgan fingerprint density at radius 3 is 2.55 bits per heavy atom. The van der Waals surface area contributed by atoms with Crippen LogP contribution >= 0.6 is 12.3 Å². The molecule has 1 aliphatic heterocycles. The molecule has 29 heavy (non-hydrogen) atoms. The number of methoxy groups -OCH3 is 2. The van der Waals surface area contributed by atoms with Gasteiger partial charge in [-0.1, -0.05) is 19.3 Å². The van der Waals surface area contributed by atoms with Crippen LogP contribution in [0.25, 0.3) is 11.0 Å². The predicted octanol–water partition coefficient (Wildman–Crippen LogP) is 4.23. The van der Waals surface area contributed by atoms with Gasteiger partial charge in [-0.25, -0.2) is 8.96 Å². The van der Waals surface area contributed by atoms with Crippen molar-refractivity contribution in [3.63, 3.8) is 0 Å². The molecule has 0 atom stereocenters. The van der Waals surface area contributed by atoms with Crippen LogP contribution < -0.4 is 4.90 Å². The summed E-state index contributed by atoms with van der Waals surface area (Å²) in [6, 6.07) is 2.31. The van der Waals surface area contributed by atoms with Crippen molar-refractivity contribution < 1.29 is 18.2 Å². The number of hydrogen-bond donors (Lipinski definition) is 0. The molecule has 4 rings (SSSR count). The maximum Gasteiger partial charge on any atom is 0.258 e. The monoisotopic (exact) mass is 424 g/mol. The summed E-state index contributed by atoms with van der Waals surface area (Å²) in [5.41, 5.74) is 2.16. The van der Waals surface area contributed by atoms with E-state index < -0.39 is 0 Å². The average molecular weight is 425 g/mol. The Bertz CT molecular complexity index is 823. The Labute approximate surface area is 175 Å². The zero-order valence-electron chi connectivity index (χ0n) is 17.3. The number of aromatic nitrogens is 2. The lowest BCUT2D eigenvalue weighted by molar-refractivity contribution is -0.00272. The van der Waals surface area contributed by atoms with Gasteiger partial charge in [0.25, 0.3) is 5.91 Å². The first kappa shape index (κ1) is 21.9. The number of carbonyl (C=O) groups excluding carboxylic acids is 1. The Hall–Kier alpha value is -1.84. The first-order valence-electron chi connectivity index (χ1n) is 9.99. The van der Waals surface area contributed by atoms with Crippen molar-refractivity contribution in [1.29, 1.82) is 0 Å². The molecule has 0 N–H and O–H groups in total. The normalized spacial score (nSPS) is 17.3. The van der Waals surface area contributed by atoms with Gasteiger partial charge in [-0.15, -0.1) is 3.89 Å². The summed E-state index contributed by atoms with van der Waals surface area (Å²) in [6.45, 7) is 3.69. The quantitative estimate of drug-likeness (QED) is 0.670. The average Bonchev–Trinajstić information content (AvgIpc) is 3.19. The van der Waals surface area contributed by atoms with E-state index in [1.807, 2.05) is 17.9 Å². The molecule has 2 aromatic rings. The third kappa shape index (κ3) is 4.51. The number of pyridine rings is 1. The minimum atomic E-state index is 0.0228. The number of fused-ring (bicyclic) bond motifs is 3. The van der Waals surface area contributed by atoms with Crippen molar-refractivity contribution in [2.75, 3.05) is 39.1 Å². The summed E-state index contributed by atoms with van der Waals surface area (Å²) in [6.07, 6.45) is 9.33. The molecule has 0 spiro atoms. The van der Waals surface area contributed by atoms with Crippen molar-refractivity contribution in [2.24, 2.45) is 0 Å². The van der Waals surface area contributed by atoms with Crippen LogP contribution in [0.4, 0.5) is 9.57 Å². The zero-order valence-corrected chi connectivity index (χ0v) is 18.1. The highest BCUT2D eigenvalue weighted by Crippen LogP contribution is 2.39. The molecule has 0 unspecified atom stereocenters. The van der Waals surface area contributed by atoms with Gasteiger partial charge in [0, 0.05) is 44.6 Å². The molecule has 160 valence electrons. The fraction of sp³-hybridized carbons (Fsp3) is 0.600. The Morgan fingerprint density at radius 1 is 1.24 bits per heavy atom. The van der Waals surface area contributed by atoms with E-state index in [1.54, 1.807) is 26.6 Å². The number of halogens is 1.